The van der Waals surface area contributed by atoms with E-state index in [4.69, 9.17) is 4.74 Å². The van der Waals surface area contributed by atoms with E-state index in [2.05, 4.69) is 5.32 Å². The van der Waals surface area contributed by atoms with Crippen LogP contribution in [0.3, 0.4) is 0 Å². The van der Waals surface area contributed by atoms with Crippen molar-refractivity contribution >= 4 is 17.7 Å². The number of ether oxygens (including phenoxy) is 1. The smallest absolute Gasteiger partial charge is 0.307 e. The first-order valence-corrected chi connectivity index (χ1v) is 9.39. The first kappa shape index (κ1) is 21.4. The molecule has 1 N–H and O–H groups in total. The quantitative estimate of drug-likeness (QED) is 0.557. The highest BCUT2D eigenvalue weighted by Crippen LogP contribution is 2.14. The minimum atomic E-state index is -0.909. The van der Waals surface area contributed by atoms with E-state index in [-0.39, 0.29) is 24.5 Å². The van der Waals surface area contributed by atoms with E-state index in [0.29, 0.717) is 12.1 Å². The molecule has 0 aliphatic heterocycles. The van der Waals surface area contributed by atoms with Gasteiger partial charge in [0.25, 0.3) is 5.91 Å². The van der Waals surface area contributed by atoms with Gasteiger partial charge < -0.3 is 10.1 Å². The van der Waals surface area contributed by atoms with Gasteiger partial charge >= 0.3 is 5.97 Å². The molecule has 148 valence electrons. The fraction of sp³-hybridized carbons (Fsp3) is 0.348. The third-order valence-electron chi connectivity index (χ3n) is 4.51. The predicted octanol–water partition coefficient (Wildman–Crippen LogP) is 3.82. The van der Waals surface area contributed by atoms with Gasteiger partial charge in [-0.15, -0.1) is 0 Å². The van der Waals surface area contributed by atoms with Crippen molar-refractivity contribution in [1.82, 2.24) is 5.32 Å². The molecule has 0 saturated heterocycles. The summed E-state index contributed by atoms with van der Waals surface area (Å²) < 4.78 is 5.16. The van der Waals surface area contributed by atoms with Crippen molar-refractivity contribution in [2.75, 3.05) is 0 Å². The average molecular weight is 381 g/mol. The number of Topliss-reactive ketones (excluding diaryl/α,β-unsaturated/α-hetero) is 1. The fourth-order valence-electron chi connectivity index (χ4n) is 2.73. The number of ketones is 1. The minimum absolute atomic E-state index is 0.0538. The second kappa shape index (κ2) is 9.83. The van der Waals surface area contributed by atoms with Crippen molar-refractivity contribution in [2.45, 2.75) is 53.2 Å². The van der Waals surface area contributed by atoms with Gasteiger partial charge in [0.1, 0.15) is 0 Å². The number of aryl methyl sites for hydroxylation is 3. The topological polar surface area (TPSA) is 72.5 Å². The second-order valence-electron chi connectivity index (χ2n) is 7.08. The molecule has 5 heteroatoms. The summed E-state index contributed by atoms with van der Waals surface area (Å²) in [4.78, 5) is 36.4. The number of hydrogen-bond acceptors (Lipinski definition) is 4. The molecule has 0 unspecified atom stereocenters. The van der Waals surface area contributed by atoms with Crippen LogP contribution in [0.2, 0.25) is 0 Å². The monoisotopic (exact) mass is 381 g/mol. The lowest BCUT2D eigenvalue weighted by Gasteiger charge is -2.14. The van der Waals surface area contributed by atoms with Crippen LogP contribution in [-0.4, -0.2) is 23.8 Å². The molecule has 2 aromatic rings. The number of carbonyl (C=O) groups excluding carboxylic acids is 3. The van der Waals surface area contributed by atoms with Crippen molar-refractivity contribution in [3.63, 3.8) is 0 Å². The highest BCUT2D eigenvalue weighted by atomic mass is 16.5. The Kier molecular flexibility index (Phi) is 7.50. The number of nitrogens with one attached hydrogen (secondary N) is 1. The van der Waals surface area contributed by atoms with Crippen LogP contribution < -0.4 is 5.32 Å². The maximum atomic E-state index is 12.3. The number of esters is 1. The predicted molar refractivity (Wildman–Crippen MR) is 108 cm³/mol. The Morgan fingerprint density at radius 3 is 2.25 bits per heavy atom. The first-order chi connectivity index (χ1) is 13.3. The molecule has 0 fully saturated rings. The zero-order valence-electron chi connectivity index (χ0n) is 16.9. The van der Waals surface area contributed by atoms with Crippen LogP contribution in [0, 0.1) is 20.8 Å². The molecule has 1 atom stereocenters. The lowest BCUT2D eigenvalue weighted by atomic mass is 9.99. The van der Waals surface area contributed by atoms with E-state index < -0.39 is 12.1 Å². The van der Waals surface area contributed by atoms with Gasteiger partial charge in [-0.3, -0.25) is 14.4 Å². The summed E-state index contributed by atoms with van der Waals surface area (Å²) in [7, 11) is 0. The molecule has 0 saturated carbocycles. The lowest BCUT2D eigenvalue weighted by Crippen LogP contribution is -2.35. The van der Waals surface area contributed by atoms with Gasteiger partial charge in [0, 0.05) is 18.5 Å². The van der Waals surface area contributed by atoms with Gasteiger partial charge in [-0.05, 0) is 44.9 Å². The van der Waals surface area contributed by atoms with Crippen molar-refractivity contribution in [3.05, 3.63) is 70.3 Å². The molecule has 2 rings (SSSR count). The van der Waals surface area contributed by atoms with Gasteiger partial charge in [0.05, 0.1) is 6.42 Å². The van der Waals surface area contributed by atoms with Crippen molar-refractivity contribution < 1.29 is 19.1 Å². The maximum Gasteiger partial charge on any atom is 0.307 e. The summed E-state index contributed by atoms with van der Waals surface area (Å²) in [5.41, 5.74) is 4.62. The van der Waals surface area contributed by atoms with Crippen molar-refractivity contribution in [2.24, 2.45) is 0 Å². The third kappa shape index (κ3) is 6.34. The average Bonchev–Trinajstić information content (AvgIpc) is 2.67. The van der Waals surface area contributed by atoms with Crippen LogP contribution in [0.4, 0.5) is 0 Å². The van der Waals surface area contributed by atoms with E-state index in [1.54, 1.807) is 0 Å². The summed E-state index contributed by atoms with van der Waals surface area (Å²) in [5.74, 6) is -1.03. The zero-order chi connectivity index (χ0) is 20.7. The summed E-state index contributed by atoms with van der Waals surface area (Å²) in [6.45, 7) is 7.67. The van der Waals surface area contributed by atoms with Crippen LogP contribution in [-0.2, 0) is 20.9 Å². The van der Waals surface area contributed by atoms with E-state index in [0.717, 1.165) is 22.3 Å². The van der Waals surface area contributed by atoms with Gasteiger partial charge in [-0.25, -0.2) is 0 Å². The lowest BCUT2D eigenvalue weighted by molar-refractivity contribution is -0.154. The number of hydrogen-bond donors (Lipinski definition) is 1. The largest absolute Gasteiger partial charge is 0.453 e. The summed E-state index contributed by atoms with van der Waals surface area (Å²) in [5, 5.41) is 2.74. The van der Waals surface area contributed by atoms with E-state index in [1.165, 1.54) is 6.92 Å². The molecule has 1 amide bonds. The highest BCUT2D eigenvalue weighted by molar-refractivity contribution is 5.99. The Morgan fingerprint density at radius 1 is 0.929 bits per heavy atom. The number of carbonyl (C=O) groups is 3. The molecule has 0 spiro atoms. The molecule has 28 heavy (non-hydrogen) atoms. The summed E-state index contributed by atoms with van der Waals surface area (Å²) in [6, 6.07) is 13.5. The molecule has 0 aromatic heterocycles. The van der Waals surface area contributed by atoms with Gasteiger partial charge in [0.2, 0.25) is 0 Å². The highest BCUT2D eigenvalue weighted by Gasteiger charge is 2.19. The van der Waals surface area contributed by atoms with Gasteiger partial charge in [0.15, 0.2) is 11.9 Å². The minimum Gasteiger partial charge on any atom is -0.453 e. The number of rotatable bonds is 8. The first-order valence-electron chi connectivity index (χ1n) is 9.39. The van der Waals surface area contributed by atoms with Crippen LogP contribution >= 0.6 is 0 Å². The SMILES string of the molecule is Cc1ccc(CNC(=O)[C@H](C)OC(=O)CCC(=O)c2cc(C)ccc2C)cc1. The standard InChI is InChI=1S/C23H27NO4/c1-15-6-9-19(10-7-15)14-24-23(27)18(4)28-22(26)12-11-21(25)20-13-16(2)5-8-17(20)3/h5-10,13,18H,11-12,14H2,1-4H3,(H,24,27)/t18-/m0/s1. The molecule has 0 radical (unpaired) electrons. The molecule has 0 aliphatic rings. The van der Waals surface area contributed by atoms with Crippen LogP contribution in [0.1, 0.15) is 52.4 Å². The van der Waals surface area contributed by atoms with Crippen LogP contribution in [0.15, 0.2) is 42.5 Å². The Balaban J connectivity index is 1.78. The van der Waals surface area contributed by atoms with Crippen molar-refractivity contribution in [1.29, 1.82) is 0 Å². The van der Waals surface area contributed by atoms with Crippen LogP contribution in [0.25, 0.3) is 0 Å². The normalized spacial score (nSPS) is 11.6. The maximum absolute atomic E-state index is 12.3. The van der Waals surface area contributed by atoms with Crippen LogP contribution in [0.5, 0.6) is 0 Å². The molecular formula is C23H27NO4. The molecule has 2 aromatic carbocycles. The zero-order valence-corrected chi connectivity index (χ0v) is 16.9. The Labute approximate surface area is 166 Å². The number of amides is 1. The molecule has 0 heterocycles. The number of benzene rings is 2. The Bertz CT molecular complexity index is 855. The molecule has 5 nitrogen and oxygen atoms in total. The van der Waals surface area contributed by atoms with Gasteiger partial charge in [-0.1, -0.05) is 47.5 Å². The van der Waals surface area contributed by atoms with E-state index in [9.17, 15) is 14.4 Å². The Hall–Kier alpha value is -2.95. The molecule has 0 bridgehead atoms. The molecular weight excluding hydrogens is 354 g/mol. The molecule has 0 aliphatic carbocycles. The van der Waals surface area contributed by atoms with Gasteiger partial charge in [-0.2, -0.15) is 0 Å². The van der Waals surface area contributed by atoms with E-state index >= 15 is 0 Å². The summed E-state index contributed by atoms with van der Waals surface area (Å²) in [6.07, 6.45) is -0.906. The fourth-order valence-corrected chi connectivity index (χ4v) is 2.73. The van der Waals surface area contributed by atoms with Crippen molar-refractivity contribution in [3.8, 4) is 0 Å². The summed E-state index contributed by atoms with van der Waals surface area (Å²) >= 11 is 0. The Morgan fingerprint density at radius 2 is 1.57 bits per heavy atom. The van der Waals surface area contributed by atoms with E-state index in [1.807, 2.05) is 63.2 Å². The second-order valence-corrected chi connectivity index (χ2v) is 7.08. The third-order valence-corrected chi connectivity index (χ3v) is 4.51.